The fourth-order valence-corrected chi connectivity index (χ4v) is 4.47. The Hall–Kier alpha value is -1.35. The number of carbonyl (C=O) groups is 1. The van der Waals surface area contributed by atoms with Crippen LogP contribution in [0, 0.1) is 0 Å². The molecule has 1 aromatic carbocycles. The Morgan fingerprint density at radius 1 is 1.22 bits per heavy atom. The van der Waals surface area contributed by atoms with Crippen LogP contribution in [-0.4, -0.2) is 64.9 Å². The summed E-state index contributed by atoms with van der Waals surface area (Å²) >= 11 is 0. The Morgan fingerprint density at radius 3 is 2.52 bits per heavy atom. The van der Waals surface area contributed by atoms with Crippen LogP contribution in [-0.2, 0) is 10.0 Å². The topological polar surface area (TPSA) is 81.8 Å². The van der Waals surface area contributed by atoms with Crippen LogP contribution in [0.15, 0.2) is 23.1 Å². The minimum absolute atomic E-state index is 0. The predicted molar refractivity (Wildman–Crippen MR) is 109 cm³/mol. The van der Waals surface area contributed by atoms with Gasteiger partial charge in [-0.15, -0.1) is 12.4 Å². The standard InChI is InChI=1S/C18H28N4O3S.ClH/c1-21(2)26(24,25)15-7-8-17(22-10-3-4-11-22)16(12-15)18(23)20-14-6-5-9-19-13-14;/h7-8,12,14,19H,3-6,9-11,13H2,1-2H3,(H,20,23);1H/t14-;/m0./s1. The number of rotatable bonds is 5. The van der Waals surface area contributed by atoms with E-state index < -0.39 is 10.0 Å². The van der Waals surface area contributed by atoms with E-state index in [1.807, 2.05) is 0 Å². The lowest BCUT2D eigenvalue weighted by atomic mass is 10.1. The van der Waals surface area contributed by atoms with Gasteiger partial charge in [0.15, 0.2) is 0 Å². The van der Waals surface area contributed by atoms with Crippen LogP contribution in [0.1, 0.15) is 36.0 Å². The number of halogens is 1. The third-order valence-corrected chi connectivity index (χ3v) is 6.88. The van der Waals surface area contributed by atoms with E-state index in [9.17, 15) is 13.2 Å². The lowest BCUT2D eigenvalue weighted by Gasteiger charge is -2.26. The number of benzene rings is 1. The molecule has 1 atom stereocenters. The first kappa shape index (κ1) is 21.9. The fraction of sp³-hybridized carbons (Fsp3) is 0.611. The molecule has 1 amide bonds. The van der Waals surface area contributed by atoms with Crippen molar-refractivity contribution in [1.82, 2.24) is 14.9 Å². The highest BCUT2D eigenvalue weighted by Crippen LogP contribution is 2.28. The van der Waals surface area contributed by atoms with Gasteiger partial charge in [-0.05, 0) is 50.4 Å². The highest BCUT2D eigenvalue weighted by atomic mass is 35.5. The van der Waals surface area contributed by atoms with Crippen molar-refractivity contribution >= 4 is 34.0 Å². The summed E-state index contributed by atoms with van der Waals surface area (Å²) in [5, 5.41) is 6.35. The zero-order chi connectivity index (χ0) is 18.7. The van der Waals surface area contributed by atoms with Crippen molar-refractivity contribution in [3.63, 3.8) is 0 Å². The highest BCUT2D eigenvalue weighted by Gasteiger charge is 2.26. The summed E-state index contributed by atoms with van der Waals surface area (Å²) in [6, 6.07) is 4.98. The molecule has 2 fully saturated rings. The number of amides is 1. The summed E-state index contributed by atoms with van der Waals surface area (Å²) in [4.78, 5) is 15.3. The van der Waals surface area contributed by atoms with Crippen LogP contribution >= 0.6 is 12.4 Å². The van der Waals surface area contributed by atoms with Crippen molar-refractivity contribution in [3.8, 4) is 0 Å². The maximum absolute atomic E-state index is 13.0. The zero-order valence-electron chi connectivity index (χ0n) is 15.9. The quantitative estimate of drug-likeness (QED) is 0.759. The molecule has 0 spiro atoms. The lowest BCUT2D eigenvalue weighted by Crippen LogP contribution is -2.45. The van der Waals surface area contributed by atoms with E-state index in [4.69, 9.17) is 0 Å². The van der Waals surface area contributed by atoms with Gasteiger partial charge in [-0.2, -0.15) is 0 Å². The monoisotopic (exact) mass is 416 g/mol. The molecule has 2 N–H and O–H groups in total. The van der Waals surface area contributed by atoms with Gasteiger partial charge in [-0.1, -0.05) is 0 Å². The molecule has 2 saturated heterocycles. The van der Waals surface area contributed by atoms with Gasteiger partial charge in [0.1, 0.15) is 0 Å². The third-order valence-electron chi connectivity index (χ3n) is 5.07. The molecule has 3 rings (SSSR count). The Balaban J connectivity index is 0.00000261. The first-order chi connectivity index (χ1) is 12.4. The Kier molecular flexibility index (Phi) is 7.50. The molecule has 2 heterocycles. The summed E-state index contributed by atoms with van der Waals surface area (Å²) < 4.78 is 26.2. The first-order valence-corrected chi connectivity index (χ1v) is 10.7. The van der Waals surface area contributed by atoms with Crippen LogP contribution in [0.3, 0.4) is 0 Å². The second-order valence-electron chi connectivity index (χ2n) is 7.18. The fourth-order valence-electron chi connectivity index (χ4n) is 3.54. The number of piperidine rings is 1. The van der Waals surface area contributed by atoms with E-state index in [0.29, 0.717) is 5.56 Å². The smallest absolute Gasteiger partial charge is 0.253 e. The van der Waals surface area contributed by atoms with E-state index in [1.54, 1.807) is 12.1 Å². The molecule has 2 aliphatic rings. The van der Waals surface area contributed by atoms with Gasteiger partial charge in [0.25, 0.3) is 5.91 Å². The molecule has 0 aliphatic carbocycles. The maximum Gasteiger partial charge on any atom is 0.253 e. The average molecular weight is 417 g/mol. The van der Waals surface area contributed by atoms with Gasteiger partial charge in [0.05, 0.1) is 10.5 Å². The second kappa shape index (κ2) is 9.23. The number of carbonyl (C=O) groups excluding carboxylic acids is 1. The van der Waals surface area contributed by atoms with Crippen LogP contribution < -0.4 is 15.5 Å². The molecular weight excluding hydrogens is 388 g/mol. The number of hydrogen-bond acceptors (Lipinski definition) is 5. The number of hydrogen-bond donors (Lipinski definition) is 2. The van der Waals surface area contributed by atoms with Crippen molar-refractivity contribution < 1.29 is 13.2 Å². The van der Waals surface area contributed by atoms with Crippen molar-refractivity contribution in [2.24, 2.45) is 0 Å². The largest absolute Gasteiger partial charge is 0.371 e. The van der Waals surface area contributed by atoms with Gasteiger partial charge in [0.2, 0.25) is 10.0 Å². The maximum atomic E-state index is 13.0. The van der Waals surface area contributed by atoms with E-state index in [2.05, 4.69) is 15.5 Å². The van der Waals surface area contributed by atoms with Gasteiger partial charge in [-0.3, -0.25) is 4.79 Å². The number of anilines is 1. The molecule has 7 nitrogen and oxygen atoms in total. The van der Waals surface area contributed by atoms with E-state index in [1.165, 1.54) is 24.5 Å². The normalized spacial score (nSPS) is 20.4. The van der Waals surface area contributed by atoms with Gasteiger partial charge < -0.3 is 15.5 Å². The first-order valence-electron chi connectivity index (χ1n) is 9.22. The SMILES string of the molecule is CN(C)S(=O)(=O)c1ccc(N2CCCC2)c(C(=O)N[C@H]2CCCNC2)c1.Cl. The molecule has 0 unspecified atom stereocenters. The predicted octanol–water partition coefficient (Wildman–Crippen LogP) is 1.44. The molecule has 0 saturated carbocycles. The molecule has 2 aliphatic heterocycles. The molecule has 1 aromatic rings. The lowest BCUT2D eigenvalue weighted by molar-refractivity contribution is 0.0931. The summed E-state index contributed by atoms with van der Waals surface area (Å²) in [6.07, 6.45) is 4.14. The minimum atomic E-state index is -3.58. The molecule has 9 heteroatoms. The van der Waals surface area contributed by atoms with Crippen LogP contribution in [0.5, 0.6) is 0 Å². The Bertz CT molecular complexity index is 758. The van der Waals surface area contributed by atoms with Crippen molar-refractivity contribution in [2.45, 2.75) is 36.6 Å². The van der Waals surface area contributed by atoms with E-state index >= 15 is 0 Å². The third kappa shape index (κ3) is 4.93. The highest BCUT2D eigenvalue weighted by molar-refractivity contribution is 7.89. The van der Waals surface area contributed by atoms with E-state index in [0.717, 1.165) is 57.5 Å². The summed E-state index contributed by atoms with van der Waals surface area (Å²) in [5.41, 5.74) is 1.27. The Labute approximate surface area is 167 Å². The van der Waals surface area contributed by atoms with Gasteiger partial charge in [0, 0.05) is 45.5 Å². The van der Waals surface area contributed by atoms with Crippen molar-refractivity contribution in [2.75, 3.05) is 45.2 Å². The van der Waals surface area contributed by atoms with Gasteiger partial charge in [-0.25, -0.2) is 12.7 Å². The molecule has 27 heavy (non-hydrogen) atoms. The summed E-state index contributed by atoms with van der Waals surface area (Å²) in [7, 11) is -0.589. The molecule has 152 valence electrons. The number of sulfonamides is 1. The average Bonchev–Trinajstić information content (AvgIpc) is 3.16. The molecule has 0 bridgehead atoms. The summed E-state index contributed by atoms with van der Waals surface area (Å²) in [5.74, 6) is -0.198. The number of nitrogens with one attached hydrogen (secondary N) is 2. The molecule has 0 aromatic heterocycles. The minimum Gasteiger partial charge on any atom is -0.371 e. The second-order valence-corrected chi connectivity index (χ2v) is 9.33. The van der Waals surface area contributed by atoms with Crippen LogP contribution in [0.2, 0.25) is 0 Å². The van der Waals surface area contributed by atoms with Gasteiger partial charge >= 0.3 is 0 Å². The van der Waals surface area contributed by atoms with Crippen LogP contribution in [0.25, 0.3) is 0 Å². The summed E-state index contributed by atoms with van der Waals surface area (Å²) in [6.45, 7) is 3.51. The zero-order valence-corrected chi connectivity index (χ0v) is 17.5. The van der Waals surface area contributed by atoms with Crippen molar-refractivity contribution in [1.29, 1.82) is 0 Å². The van der Waals surface area contributed by atoms with E-state index in [-0.39, 0.29) is 29.3 Å². The number of nitrogens with zero attached hydrogens (tertiary/aromatic N) is 2. The van der Waals surface area contributed by atoms with Crippen LogP contribution in [0.4, 0.5) is 5.69 Å². The molecular formula is C18H29ClN4O3S. The Morgan fingerprint density at radius 2 is 1.93 bits per heavy atom. The molecule has 0 radical (unpaired) electrons. The van der Waals surface area contributed by atoms with Crippen molar-refractivity contribution in [3.05, 3.63) is 23.8 Å².